The van der Waals surface area contributed by atoms with Gasteiger partial charge < -0.3 is 0 Å². The minimum atomic E-state index is -1.20. The van der Waals surface area contributed by atoms with Crippen molar-refractivity contribution in [1.82, 2.24) is 0 Å². The summed E-state index contributed by atoms with van der Waals surface area (Å²) in [6.07, 6.45) is 3.13. The molecule has 0 nitrogen and oxygen atoms in total. The Morgan fingerprint density at radius 2 is 1.55 bits per heavy atom. The zero-order chi connectivity index (χ0) is 14.3. The molecule has 3 rings (SSSR count). The van der Waals surface area contributed by atoms with E-state index in [9.17, 15) is 13.2 Å². The fourth-order valence-corrected chi connectivity index (χ4v) is 2.96. The molecule has 4 heteroatoms. The van der Waals surface area contributed by atoms with Crippen LogP contribution in [-0.4, -0.2) is 0 Å². The second kappa shape index (κ2) is 5.13. The summed E-state index contributed by atoms with van der Waals surface area (Å²) in [6.45, 7) is 0. The monoisotopic (exact) mass is 296 g/mol. The molecule has 104 valence electrons. The second-order valence-electron chi connectivity index (χ2n) is 5.03. The summed E-state index contributed by atoms with van der Waals surface area (Å²) in [7, 11) is 0. The molecular weight excluding hydrogens is 285 g/mol. The molecule has 0 heterocycles. The third-order valence-corrected chi connectivity index (χ3v) is 4.21. The molecule has 1 aliphatic rings. The molecule has 1 aliphatic carbocycles. The van der Waals surface area contributed by atoms with Crippen molar-refractivity contribution >= 4 is 11.6 Å². The summed E-state index contributed by atoms with van der Waals surface area (Å²) in [6, 6.07) is 7.09. The number of hydrogen-bond acceptors (Lipinski definition) is 0. The first-order valence-electron chi connectivity index (χ1n) is 6.46. The van der Waals surface area contributed by atoms with Gasteiger partial charge in [-0.05, 0) is 42.0 Å². The van der Waals surface area contributed by atoms with Crippen molar-refractivity contribution in [2.75, 3.05) is 0 Å². The lowest BCUT2D eigenvalue weighted by Gasteiger charge is -2.13. The molecular formula is C16H12ClF3. The Hall–Kier alpha value is -1.48. The highest BCUT2D eigenvalue weighted by Crippen LogP contribution is 2.34. The van der Waals surface area contributed by atoms with E-state index >= 15 is 0 Å². The molecule has 0 spiro atoms. The number of hydrogen-bond donors (Lipinski definition) is 0. The highest BCUT2D eigenvalue weighted by molar-refractivity contribution is 6.22. The molecule has 2 aromatic carbocycles. The number of rotatable bonds is 2. The van der Waals surface area contributed by atoms with Gasteiger partial charge in [-0.3, -0.25) is 0 Å². The van der Waals surface area contributed by atoms with Crippen LogP contribution in [0.1, 0.15) is 34.1 Å². The zero-order valence-electron chi connectivity index (χ0n) is 10.6. The fourth-order valence-electron chi connectivity index (χ4n) is 2.66. The maximum atomic E-state index is 13.7. The average Bonchev–Trinajstić information content (AvgIpc) is 2.89. The molecule has 0 saturated heterocycles. The van der Waals surface area contributed by atoms with Crippen molar-refractivity contribution in [3.05, 3.63) is 70.0 Å². The topological polar surface area (TPSA) is 0 Å². The van der Waals surface area contributed by atoms with Crippen LogP contribution in [0.15, 0.2) is 30.3 Å². The molecule has 2 aromatic rings. The molecule has 0 saturated carbocycles. The van der Waals surface area contributed by atoms with Crippen LogP contribution in [0.3, 0.4) is 0 Å². The summed E-state index contributed by atoms with van der Waals surface area (Å²) in [5.41, 5.74) is 3.15. The van der Waals surface area contributed by atoms with Gasteiger partial charge in [0.1, 0.15) is 5.82 Å². The van der Waals surface area contributed by atoms with E-state index in [2.05, 4.69) is 0 Å². The van der Waals surface area contributed by atoms with Crippen molar-refractivity contribution in [3.63, 3.8) is 0 Å². The van der Waals surface area contributed by atoms with E-state index < -0.39 is 22.8 Å². The Bertz CT molecular complexity index is 667. The van der Waals surface area contributed by atoms with Gasteiger partial charge in [0.2, 0.25) is 0 Å². The minimum absolute atomic E-state index is 0.0384. The lowest BCUT2D eigenvalue weighted by Crippen LogP contribution is -2.01. The van der Waals surface area contributed by atoms with Gasteiger partial charge in [-0.25, -0.2) is 13.2 Å². The number of aryl methyl sites for hydroxylation is 2. The fraction of sp³-hybridized carbons (Fsp3) is 0.250. The Morgan fingerprint density at radius 3 is 2.35 bits per heavy atom. The predicted molar refractivity (Wildman–Crippen MR) is 72.5 cm³/mol. The first kappa shape index (κ1) is 13.5. The Labute approximate surface area is 120 Å². The van der Waals surface area contributed by atoms with E-state index in [0.717, 1.165) is 25.3 Å². The molecule has 1 atom stereocenters. The molecule has 0 fully saturated rings. The summed E-state index contributed by atoms with van der Waals surface area (Å²) < 4.78 is 40.0. The van der Waals surface area contributed by atoms with E-state index in [4.69, 9.17) is 11.6 Å². The lowest BCUT2D eigenvalue weighted by atomic mass is 9.99. The van der Waals surface area contributed by atoms with Gasteiger partial charge in [-0.15, -0.1) is 11.6 Å². The van der Waals surface area contributed by atoms with Gasteiger partial charge in [-0.2, -0.15) is 0 Å². The van der Waals surface area contributed by atoms with Gasteiger partial charge in [0.25, 0.3) is 0 Å². The summed E-state index contributed by atoms with van der Waals surface area (Å²) in [5, 5.41) is -0.823. The second-order valence-corrected chi connectivity index (χ2v) is 5.47. The SMILES string of the molecule is Fc1cc(F)c(C(Cl)c2ccc3c(c2)CCC3)cc1F. The van der Waals surface area contributed by atoms with Crippen LogP contribution >= 0.6 is 11.6 Å². The van der Waals surface area contributed by atoms with Gasteiger partial charge in [-0.1, -0.05) is 18.2 Å². The molecule has 0 radical (unpaired) electrons. The molecule has 20 heavy (non-hydrogen) atoms. The number of halogens is 4. The van der Waals surface area contributed by atoms with Crippen LogP contribution in [0, 0.1) is 17.5 Å². The maximum absolute atomic E-state index is 13.7. The first-order chi connectivity index (χ1) is 9.56. The largest absolute Gasteiger partial charge is 0.207 e. The standard InChI is InChI=1S/C16H12ClF3/c17-16(12-7-14(19)15(20)8-13(12)18)11-5-4-9-2-1-3-10(9)6-11/h4-8,16H,1-3H2. The third kappa shape index (κ3) is 2.31. The number of benzene rings is 2. The van der Waals surface area contributed by atoms with Gasteiger partial charge in [0, 0.05) is 11.6 Å². The number of fused-ring (bicyclic) bond motifs is 1. The summed E-state index contributed by atoms with van der Waals surface area (Å²) >= 11 is 6.23. The van der Waals surface area contributed by atoms with Crippen molar-refractivity contribution < 1.29 is 13.2 Å². The minimum Gasteiger partial charge on any atom is -0.207 e. The van der Waals surface area contributed by atoms with Crippen LogP contribution in [0.5, 0.6) is 0 Å². The smallest absolute Gasteiger partial charge is 0.161 e. The van der Waals surface area contributed by atoms with Crippen LogP contribution in [-0.2, 0) is 12.8 Å². The van der Waals surface area contributed by atoms with Crippen molar-refractivity contribution in [2.24, 2.45) is 0 Å². The highest BCUT2D eigenvalue weighted by Gasteiger charge is 2.20. The lowest BCUT2D eigenvalue weighted by molar-refractivity contribution is 0.490. The van der Waals surface area contributed by atoms with Gasteiger partial charge >= 0.3 is 0 Å². The Morgan fingerprint density at radius 1 is 0.850 bits per heavy atom. The molecule has 1 unspecified atom stereocenters. The van der Waals surface area contributed by atoms with Crippen LogP contribution < -0.4 is 0 Å². The van der Waals surface area contributed by atoms with E-state index in [1.54, 1.807) is 0 Å². The van der Waals surface area contributed by atoms with Gasteiger partial charge in [0.05, 0.1) is 5.38 Å². The normalized spacial score (nSPS) is 15.2. The molecule has 0 bridgehead atoms. The Kier molecular flexibility index (Phi) is 3.47. The number of alkyl halides is 1. The summed E-state index contributed by atoms with van der Waals surface area (Å²) in [5.74, 6) is -3.12. The highest BCUT2D eigenvalue weighted by atomic mass is 35.5. The quantitative estimate of drug-likeness (QED) is 0.545. The molecule has 0 amide bonds. The molecule has 0 aromatic heterocycles. The predicted octanol–water partition coefficient (Wildman–Crippen LogP) is 4.92. The molecule has 0 aliphatic heterocycles. The molecule has 0 N–H and O–H groups in total. The van der Waals surface area contributed by atoms with Gasteiger partial charge in [0.15, 0.2) is 11.6 Å². The average molecular weight is 297 g/mol. The van der Waals surface area contributed by atoms with E-state index in [-0.39, 0.29) is 5.56 Å². The summed E-state index contributed by atoms with van der Waals surface area (Å²) in [4.78, 5) is 0. The van der Waals surface area contributed by atoms with E-state index in [1.165, 1.54) is 11.1 Å². The van der Waals surface area contributed by atoms with Crippen molar-refractivity contribution in [3.8, 4) is 0 Å². The Balaban J connectivity index is 2.00. The van der Waals surface area contributed by atoms with Crippen LogP contribution in [0.25, 0.3) is 0 Å². The first-order valence-corrected chi connectivity index (χ1v) is 6.90. The van der Waals surface area contributed by atoms with Crippen molar-refractivity contribution in [2.45, 2.75) is 24.6 Å². The third-order valence-electron chi connectivity index (χ3n) is 3.73. The van der Waals surface area contributed by atoms with E-state index in [0.29, 0.717) is 11.6 Å². The maximum Gasteiger partial charge on any atom is 0.161 e. The van der Waals surface area contributed by atoms with Crippen LogP contribution in [0.4, 0.5) is 13.2 Å². The van der Waals surface area contributed by atoms with Crippen LogP contribution in [0.2, 0.25) is 0 Å². The van der Waals surface area contributed by atoms with E-state index in [1.807, 2.05) is 18.2 Å². The van der Waals surface area contributed by atoms with Crippen molar-refractivity contribution in [1.29, 1.82) is 0 Å². The zero-order valence-corrected chi connectivity index (χ0v) is 11.4.